The van der Waals surface area contributed by atoms with Gasteiger partial charge in [0.25, 0.3) is 5.91 Å². The Morgan fingerprint density at radius 2 is 1.92 bits per heavy atom. The third kappa shape index (κ3) is 4.05. The smallest absolute Gasteiger partial charge is 0.263 e. The van der Waals surface area contributed by atoms with Gasteiger partial charge in [0.05, 0.1) is 18.5 Å². The number of hydrogen-bond donors (Lipinski definition) is 1. The molecule has 1 N–H and O–H groups in total. The number of fused-ring (bicyclic) bond motifs is 1. The zero-order chi connectivity index (χ0) is 18.0. The summed E-state index contributed by atoms with van der Waals surface area (Å²) in [6.45, 7) is 0.235. The molecule has 6 nitrogen and oxygen atoms in total. The lowest BCUT2D eigenvalue weighted by Gasteiger charge is -2.33. The summed E-state index contributed by atoms with van der Waals surface area (Å²) in [6, 6.07) is 13.8. The predicted molar refractivity (Wildman–Crippen MR) is 96.3 cm³/mol. The van der Waals surface area contributed by atoms with Gasteiger partial charge in [-0.1, -0.05) is 35.9 Å². The van der Waals surface area contributed by atoms with Crippen molar-refractivity contribution in [3.8, 4) is 5.75 Å². The van der Waals surface area contributed by atoms with Gasteiger partial charge in [-0.05, 0) is 29.8 Å². The first-order chi connectivity index (χ1) is 11.8. The highest BCUT2D eigenvalue weighted by Gasteiger charge is 2.34. The average Bonchev–Trinajstić information content (AvgIpc) is 2.59. The van der Waals surface area contributed by atoms with Crippen LogP contribution in [-0.2, 0) is 21.4 Å². The van der Waals surface area contributed by atoms with Crippen molar-refractivity contribution < 1.29 is 17.9 Å². The number of anilines is 1. The fourth-order valence-electron chi connectivity index (χ4n) is 2.56. The molecular formula is C17H17ClN2O4S. The summed E-state index contributed by atoms with van der Waals surface area (Å²) in [5, 5.41) is 3.38. The largest absolute Gasteiger partial charge is 0.476 e. The Balaban J connectivity index is 1.74. The first kappa shape index (κ1) is 17.6. The lowest BCUT2D eigenvalue weighted by Crippen LogP contribution is -2.50. The van der Waals surface area contributed by atoms with Crippen LogP contribution in [0.25, 0.3) is 0 Å². The lowest BCUT2D eigenvalue weighted by atomic mass is 10.2. The molecule has 2 aromatic carbocycles. The first-order valence-corrected chi connectivity index (χ1v) is 9.83. The summed E-state index contributed by atoms with van der Waals surface area (Å²) >= 11 is 5.83. The van der Waals surface area contributed by atoms with Crippen molar-refractivity contribution in [1.29, 1.82) is 0 Å². The number of rotatable bonds is 4. The second-order valence-electron chi connectivity index (χ2n) is 5.71. The topological polar surface area (TPSA) is 75.7 Å². The Hall–Kier alpha value is -2.25. The molecule has 0 saturated heterocycles. The van der Waals surface area contributed by atoms with E-state index in [0.717, 1.165) is 11.8 Å². The summed E-state index contributed by atoms with van der Waals surface area (Å²) in [5.74, 6) is -0.0103. The lowest BCUT2D eigenvalue weighted by molar-refractivity contribution is -0.127. The normalized spacial score (nSPS) is 16.7. The Bertz CT molecular complexity index is 884. The highest BCUT2D eigenvalue weighted by molar-refractivity contribution is 7.92. The average molecular weight is 381 g/mol. The summed E-state index contributed by atoms with van der Waals surface area (Å²) in [4.78, 5) is 12.4. The van der Waals surface area contributed by atoms with E-state index in [-0.39, 0.29) is 12.5 Å². The van der Waals surface area contributed by atoms with Gasteiger partial charge in [0.15, 0.2) is 6.10 Å². The molecule has 0 fully saturated rings. The van der Waals surface area contributed by atoms with Crippen LogP contribution in [0.3, 0.4) is 0 Å². The number of sulfonamides is 1. The van der Waals surface area contributed by atoms with Crippen molar-refractivity contribution in [3.63, 3.8) is 0 Å². The van der Waals surface area contributed by atoms with Crippen LogP contribution in [0.1, 0.15) is 5.56 Å². The fraction of sp³-hybridized carbons (Fsp3) is 0.235. The molecule has 0 bridgehead atoms. The number of halogens is 1. The number of para-hydroxylation sites is 2. The van der Waals surface area contributed by atoms with Crippen LogP contribution in [-0.4, -0.2) is 33.2 Å². The third-order valence-corrected chi connectivity index (χ3v) is 5.21. The summed E-state index contributed by atoms with van der Waals surface area (Å²) in [6.07, 6.45) is 0.189. The SMILES string of the molecule is CS(=O)(=O)N1CC(C(=O)NCc2ccc(Cl)cc2)Oc2ccccc21. The molecule has 1 unspecified atom stereocenters. The molecule has 3 rings (SSSR count). The van der Waals surface area contributed by atoms with Crippen LogP contribution in [0.4, 0.5) is 5.69 Å². The maximum absolute atomic E-state index is 12.4. The number of amides is 1. The zero-order valence-electron chi connectivity index (χ0n) is 13.5. The third-order valence-electron chi connectivity index (χ3n) is 3.81. The van der Waals surface area contributed by atoms with Crippen molar-refractivity contribution >= 4 is 33.2 Å². The first-order valence-electron chi connectivity index (χ1n) is 7.60. The van der Waals surface area contributed by atoms with Crippen molar-refractivity contribution in [2.24, 2.45) is 0 Å². The van der Waals surface area contributed by atoms with Crippen LogP contribution in [0.15, 0.2) is 48.5 Å². The summed E-state index contributed by atoms with van der Waals surface area (Å²) in [7, 11) is -3.52. The monoisotopic (exact) mass is 380 g/mol. The summed E-state index contributed by atoms with van der Waals surface area (Å²) in [5.41, 5.74) is 1.32. The van der Waals surface area contributed by atoms with Gasteiger partial charge >= 0.3 is 0 Å². The van der Waals surface area contributed by atoms with E-state index < -0.39 is 16.1 Å². The maximum atomic E-state index is 12.4. The van der Waals surface area contributed by atoms with Crippen LogP contribution < -0.4 is 14.4 Å². The van der Waals surface area contributed by atoms with Crippen LogP contribution in [0.5, 0.6) is 5.75 Å². The van der Waals surface area contributed by atoms with E-state index in [0.29, 0.717) is 23.0 Å². The van der Waals surface area contributed by atoms with Crippen molar-refractivity contribution in [3.05, 3.63) is 59.1 Å². The molecule has 0 aliphatic carbocycles. The van der Waals surface area contributed by atoms with E-state index in [9.17, 15) is 13.2 Å². The number of nitrogens with zero attached hydrogens (tertiary/aromatic N) is 1. The van der Waals surface area contributed by atoms with E-state index in [4.69, 9.17) is 16.3 Å². The molecule has 0 saturated carbocycles. The number of benzene rings is 2. The molecule has 0 radical (unpaired) electrons. The standard InChI is InChI=1S/C17H17ClN2O4S/c1-25(22,23)20-11-16(24-15-5-3-2-4-14(15)20)17(21)19-10-12-6-8-13(18)9-7-12/h2-9,16H,10-11H2,1H3,(H,19,21). The summed E-state index contributed by atoms with van der Waals surface area (Å²) < 4.78 is 31.0. The molecular weight excluding hydrogens is 364 g/mol. The molecule has 1 atom stereocenters. The Labute approximate surface area is 151 Å². The van der Waals surface area contributed by atoms with Crippen LogP contribution in [0, 0.1) is 0 Å². The minimum absolute atomic E-state index is 0.0672. The highest BCUT2D eigenvalue weighted by atomic mass is 35.5. The van der Waals surface area contributed by atoms with Gasteiger partial charge in [-0.25, -0.2) is 8.42 Å². The van der Waals surface area contributed by atoms with E-state index in [1.807, 2.05) is 12.1 Å². The van der Waals surface area contributed by atoms with E-state index >= 15 is 0 Å². The van der Waals surface area contributed by atoms with E-state index in [1.54, 1.807) is 36.4 Å². The van der Waals surface area contributed by atoms with Gasteiger partial charge in [0, 0.05) is 11.6 Å². The molecule has 1 heterocycles. The molecule has 25 heavy (non-hydrogen) atoms. The minimum atomic E-state index is -3.52. The maximum Gasteiger partial charge on any atom is 0.263 e. The highest BCUT2D eigenvalue weighted by Crippen LogP contribution is 2.34. The number of carbonyl (C=O) groups excluding carboxylic acids is 1. The number of nitrogens with one attached hydrogen (secondary N) is 1. The Kier molecular flexibility index (Phi) is 4.87. The van der Waals surface area contributed by atoms with Gasteiger partial charge in [0.2, 0.25) is 10.0 Å². The molecule has 0 aromatic heterocycles. The van der Waals surface area contributed by atoms with Gasteiger partial charge in [0.1, 0.15) is 5.75 Å². The molecule has 1 aliphatic heterocycles. The predicted octanol–water partition coefficient (Wildman–Crippen LogP) is 2.18. The fourth-order valence-corrected chi connectivity index (χ4v) is 3.60. The van der Waals surface area contributed by atoms with Crippen molar-refractivity contribution in [1.82, 2.24) is 5.32 Å². The number of ether oxygens (including phenoxy) is 1. The van der Waals surface area contributed by atoms with Crippen LogP contribution in [0.2, 0.25) is 5.02 Å². The second kappa shape index (κ2) is 6.93. The number of carbonyl (C=O) groups is 1. The second-order valence-corrected chi connectivity index (χ2v) is 8.06. The minimum Gasteiger partial charge on any atom is -0.476 e. The quantitative estimate of drug-likeness (QED) is 0.882. The van der Waals surface area contributed by atoms with Crippen LogP contribution >= 0.6 is 11.6 Å². The zero-order valence-corrected chi connectivity index (χ0v) is 15.0. The number of hydrogen-bond acceptors (Lipinski definition) is 4. The van der Waals surface area contributed by atoms with E-state index in [1.165, 1.54) is 4.31 Å². The van der Waals surface area contributed by atoms with E-state index in [2.05, 4.69) is 5.32 Å². The van der Waals surface area contributed by atoms with Crippen molar-refractivity contribution in [2.45, 2.75) is 12.6 Å². The van der Waals surface area contributed by atoms with Gasteiger partial charge < -0.3 is 10.1 Å². The molecule has 2 aromatic rings. The van der Waals surface area contributed by atoms with Gasteiger partial charge in [-0.2, -0.15) is 0 Å². The van der Waals surface area contributed by atoms with Crippen molar-refractivity contribution in [2.75, 3.05) is 17.1 Å². The molecule has 1 aliphatic rings. The van der Waals surface area contributed by atoms with Gasteiger partial charge in [-0.3, -0.25) is 9.10 Å². The molecule has 132 valence electrons. The van der Waals surface area contributed by atoms with Gasteiger partial charge in [-0.15, -0.1) is 0 Å². The molecule has 1 amide bonds. The Morgan fingerprint density at radius 1 is 1.24 bits per heavy atom. The Morgan fingerprint density at radius 3 is 2.60 bits per heavy atom. The molecule has 0 spiro atoms. The molecule has 8 heteroatoms.